The second kappa shape index (κ2) is 4.51. The SMILES string of the molecule is CC(C)(CN)S(=O)(=O)O.[KH]. The Kier molecular flexibility index (Phi) is 6.34. The van der Waals surface area contributed by atoms with Gasteiger partial charge in [0.15, 0.2) is 0 Å². The summed E-state index contributed by atoms with van der Waals surface area (Å²) in [6, 6.07) is 0. The van der Waals surface area contributed by atoms with Crippen molar-refractivity contribution in [3.63, 3.8) is 0 Å². The third-order valence-electron chi connectivity index (χ3n) is 1.19. The van der Waals surface area contributed by atoms with E-state index in [2.05, 4.69) is 0 Å². The molecule has 0 aromatic rings. The minimum atomic E-state index is -3.98. The summed E-state index contributed by atoms with van der Waals surface area (Å²) in [6.07, 6.45) is 0. The molecular weight excluding hydrogens is 181 g/mol. The molecule has 0 aromatic heterocycles. The van der Waals surface area contributed by atoms with Gasteiger partial charge in [0.2, 0.25) is 0 Å². The second-order valence-corrected chi connectivity index (χ2v) is 4.49. The fraction of sp³-hybridized carbons (Fsp3) is 1.00. The van der Waals surface area contributed by atoms with Gasteiger partial charge in [0.1, 0.15) is 4.75 Å². The van der Waals surface area contributed by atoms with Crippen LogP contribution in [0.1, 0.15) is 13.8 Å². The topological polar surface area (TPSA) is 80.4 Å². The summed E-state index contributed by atoms with van der Waals surface area (Å²) in [5.41, 5.74) is 5.05. The summed E-state index contributed by atoms with van der Waals surface area (Å²) in [4.78, 5) is 0. The normalized spacial score (nSPS) is 12.4. The zero-order valence-electron chi connectivity index (χ0n) is 5.46. The molecule has 0 bridgehead atoms. The minimum absolute atomic E-state index is 0. The molecule has 58 valence electrons. The number of rotatable bonds is 2. The van der Waals surface area contributed by atoms with Crippen molar-refractivity contribution >= 4 is 61.5 Å². The van der Waals surface area contributed by atoms with Crippen LogP contribution in [-0.4, -0.2) is 75.6 Å². The zero-order chi connectivity index (χ0) is 7.71. The molecule has 0 amide bonds. The van der Waals surface area contributed by atoms with E-state index in [0.29, 0.717) is 0 Å². The van der Waals surface area contributed by atoms with E-state index >= 15 is 0 Å². The van der Waals surface area contributed by atoms with E-state index < -0.39 is 14.9 Å². The van der Waals surface area contributed by atoms with Crippen molar-refractivity contribution in [2.24, 2.45) is 5.73 Å². The number of nitrogens with two attached hydrogens (primary N) is 1. The van der Waals surface area contributed by atoms with Crippen LogP contribution >= 0.6 is 0 Å². The monoisotopic (exact) mass is 193 g/mol. The molecule has 10 heavy (non-hydrogen) atoms. The van der Waals surface area contributed by atoms with Gasteiger partial charge in [-0.05, 0) is 13.8 Å². The fourth-order valence-electron chi connectivity index (χ4n) is 0.105. The van der Waals surface area contributed by atoms with Gasteiger partial charge in [0.25, 0.3) is 10.1 Å². The zero-order valence-corrected chi connectivity index (χ0v) is 6.27. The van der Waals surface area contributed by atoms with Crippen LogP contribution in [0, 0.1) is 0 Å². The summed E-state index contributed by atoms with van der Waals surface area (Å²) >= 11 is 0. The van der Waals surface area contributed by atoms with E-state index in [1.165, 1.54) is 13.8 Å². The summed E-state index contributed by atoms with van der Waals surface area (Å²) in [5, 5.41) is 0. The van der Waals surface area contributed by atoms with Crippen molar-refractivity contribution in [1.82, 2.24) is 0 Å². The molecule has 0 aliphatic rings. The molecule has 6 heteroatoms. The van der Waals surface area contributed by atoms with Gasteiger partial charge in [-0.25, -0.2) is 0 Å². The van der Waals surface area contributed by atoms with Crippen molar-refractivity contribution in [2.75, 3.05) is 6.54 Å². The maximum atomic E-state index is 10.4. The quantitative estimate of drug-likeness (QED) is 0.434. The molecule has 0 rings (SSSR count). The predicted octanol–water partition coefficient (Wildman–Crippen LogP) is -1.04. The molecule has 0 atom stereocenters. The van der Waals surface area contributed by atoms with Gasteiger partial charge in [-0.1, -0.05) is 0 Å². The molecule has 3 N–H and O–H groups in total. The van der Waals surface area contributed by atoms with Crippen LogP contribution in [0.3, 0.4) is 0 Å². The summed E-state index contributed by atoms with van der Waals surface area (Å²) in [7, 11) is -3.98. The van der Waals surface area contributed by atoms with Crippen molar-refractivity contribution in [3.8, 4) is 0 Å². The molecule has 0 aliphatic heterocycles. The Morgan fingerprint density at radius 1 is 1.50 bits per heavy atom. The molecule has 0 saturated carbocycles. The second-order valence-electron chi connectivity index (χ2n) is 2.44. The Morgan fingerprint density at radius 3 is 1.80 bits per heavy atom. The van der Waals surface area contributed by atoms with E-state index in [1.54, 1.807) is 0 Å². The number of hydrogen-bond acceptors (Lipinski definition) is 3. The summed E-state index contributed by atoms with van der Waals surface area (Å²) < 4.78 is 27.9. The van der Waals surface area contributed by atoms with Gasteiger partial charge in [-0.15, -0.1) is 0 Å². The van der Waals surface area contributed by atoms with E-state index in [-0.39, 0.29) is 57.9 Å². The van der Waals surface area contributed by atoms with Crippen molar-refractivity contribution in [3.05, 3.63) is 0 Å². The van der Waals surface area contributed by atoms with Crippen molar-refractivity contribution in [1.29, 1.82) is 0 Å². The van der Waals surface area contributed by atoms with Gasteiger partial charge in [0, 0.05) is 6.54 Å². The van der Waals surface area contributed by atoms with Crippen LogP contribution < -0.4 is 5.73 Å². The average Bonchev–Trinajstić information content (AvgIpc) is 1.64. The van der Waals surface area contributed by atoms with Crippen LogP contribution in [-0.2, 0) is 10.1 Å². The van der Waals surface area contributed by atoms with Gasteiger partial charge >= 0.3 is 51.4 Å². The van der Waals surface area contributed by atoms with Crippen molar-refractivity contribution < 1.29 is 13.0 Å². The molecule has 0 radical (unpaired) electrons. The van der Waals surface area contributed by atoms with E-state index in [1.807, 2.05) is 0 Å². The van der Waals surface area contributed by atoms with Crippen LogP contribution in [0.2, 0.25) is 0 Å². The molecule has 0 saturated heterocycles. The first kappa shape index (κ1) is 14.1. The van der Waals surface area contributed by atoms with Crippen LogP contribution in [0.25, 0.3) is 0 Å². The average molecular weight is 193 g/mol. The van der Waals surface area contributed by atoms with Gasteiger partial charge in [-0.2, -0.15) is 8.42 Å². The van der Waals surface area contributed by atoms with E-state index in [0.717, 1.165) is 0 Å². The van der Waals surface area contributed by atoms with Crippen molar-refractivity contribution in [2.45, 2.75) is 18.6 Å². The summed E-state index contributed by atoms with van der Waals surface area (Å²) in [6.45, 7) is 2.65. The fourth-order valence-corrected chi connectivity index (χ4v) is 0.316. The Morgan fingerprint density at radius 2 is 1.80 bits per heavy atom. The van der Waals surface area contributed by atoms with E-state index in [9.17, 15) is 8.42 Å². The van der Waals surface area contributed by atoms with Crippen LogP contribution in [0.4, 0.5) is 0 Å². The summed E-state index contributed by atoms with van der Waals surface area (Å²) in [5.74, 6) is 0. The number of hydrogen-bond donors (Lipinski definition) is 2. The first-order chi connectivity index (χ1) is 3.81. The predicted molar refractivity (Wildman–Crippen MR) is 41.8 cm³/mol. The van der Waals surface area contributed by atoms with Gasteiger partial charge < -0.3 is 5.73 Å². The molecule has 0 aromatic carbocycles. The first-order valence-electron chi connectivity index (χ1n) is 2.48. The first-order valence-corrected chi connectivity index (χ1v) is 3.92. The Hall–Kier alpha value is 1.51. The molecule has 4 nitrogen and oxygen atoms in total. The van der Waals surface area contributed by atoms with Crippen LogP contribution in [0.5, 0.6) is 0 Å². The standard InChI is InChI=1S/C4H11NO3S.K.H/c1-4(2,3-5)9(6,7)8;;/h3,5H2,1-2H3,(H,6,7,8);;. The van der Waals surface area contributed by atoms with Crippen LogP contribution in [0.15, 0.2) is 0 Å². The van der Waals surface area contributed by atoms with Gasteiger partial charge in [-0.3, -0.25) is 4.55 Å². The Labute approximate surface area is 104 Å². The Balaban J connectivity index is 0. The molecule has 0 fully saturated rings. The molecule has 0 unspecified atom stereocenters. The molecular formula is C4H12KNO3S. The molecule has 0 heterocycles. The van der Waals surface area contributed by atoms with Gasteiger partial charge in [0.05, 0.1) is 0 Å². The Bertz CT molecular complexity index is 187. The third kappa shape index (κ3) is 3.77. The maximum absolute atomic E-state index is 10.4. The third-order valence-corrected chi connectivity index (χ3v) is 2.75. The van der Waals surface area contributed by atoms with E-state index in [4.69, 9.17) is 10.3 Å². The molecule has 0 aliphatic carbocycles. The molecule has 0 spiro atoms.